The van der Waals surface area contributed by atoms with Crippen LogP contribution in [0.2, 0.25) is 0 Å². The van der Waals surface area contributed by atoms with Gasteiger partial charge in [-0.05, 0) is 26.3 Å². The maximum absolute atomic E-state index is 9.53. The summed E-state index contributed by atoms with van der Waals surface area (Å²) in [6, 6.07) is 0.521. The molecule has 2 fully saturated rings. The van der Waals surface area contributed by atoms with Gasteiger partial charge in [0.15, 0.2) is 0 Å². The summed E-state index contributed by atoms with van der Waals surface area (Å²) >= 11 is 0. The minimum atomic E-state index is -0.214. The number of aliphatic hydroxyl groups is 2. The first-order valence-corrected chi connectivity index (χ1v) is 4.28. The van der Waals surface area contributed by atoms with Crippen molar-refractivity contribution in [2.24, 2.45) is 0 Å². The number of nitrogens with zero attached hydrogens (tertiary/aromatic N) is 1. The number of rotatable bonds is 0. The van der Waals surface area contributed by atoms with Crippen LogP contribution >= 0.6 is 0 Å². The Morgan fingerprint density at radius 3 is 2.45 bits per heavy atom. The minimum Gasteiger partial charge on any atom is -0.391 e. The van der Waals surface area contributed by atoms with E-state index in [4.69, 9.17) is 0 Å². The van der Waals surface area contributed by atoms with E-state index in [2.05, 4.69) is 4.90 Å². The van der Waals surface area contributed by atoms with Crippen molar-refractivity contribution in [3.8, 4) is 0 Å². The van der Waals surface area contributed by atoms with Crippen LogP contribution in [-0.2, 0) is 0 Å². The molecule has 2 aliphatic heterocycles. The number of aliphatic hydroxyl groups excluding tert-OH is 2. The number of fused-ring (bicyclic) bond motifs is 2. The third-order valence-corrected chi connectivity index (χ3v) is 3.18. The van der Waals surface area contributed by atoms with Gasteiger partial charge in [-0.2, -0.15) is 0 Å². The first-order valence-electron chi connectivity index (χ1n) is 4.28. The van der Waals surface area contributed by atoms with Crippen molar-refractivity contribution in [3.05, 3.63) is 0 Å². The van der Waals surface area contributed by atoms with Gasteiger partial charge in [-0.15, -0.1) is 0 Å². The number of hydrogen-bond acceptors (Lipinski definition) is 3. The van der Waals surface area contributed by atoms with Crippen molar-refractivity contribution in [2.75, 3.05) is 7.05 Å². The van der Waals surface area contributed by atoms with Crippen molar-refractivity contribution in [1.29, 1.82) is 0 Å². The van der Waals surface area contributed by atoms with Gasteiger partial charge >= 0.3 is 0 Å². The van der Waals surface area contributed by atoms with Crippen LogP contribution in [0.25, 0.3) is 0 Å². The molecule has 0 aromatic rings. The molecule has 2 aliphatic rings. The first-order chi connectivity index (χ1) is 5.20. The van der Waals surface area contributed by atoms with Crippen LogP contribution in [0.5, 0.6) is 0 Å². The zero-order valence-electron chi connectivity index (χ0n) is 6.77. The standard InChI is InChI=1S/C8H15NO2/c1-9-5-2-3-7(10)6(9)4-8(5)11/h5-8,10-11H,2-4H2,1H3/t5-,6-,7?,8?/m1/s1. The van der Waals surface area contributed by atoms with Gasteiger partial charge in [-0.1, -0.05) is 0 Å². The van der Waals surface area contributed by atoms with Crippen molar-refractivity contribution in [2.45, 2.75) is 43.6 Å². The summed E-state index contributed by atoms with van der Waals surface area (Å²) in [4.78, 5) is 2.12. The lowest BCUT2D eigenvalue weighted by molar-refractivity contribution is 0.0212. The lowest BCUT2D eigenvalue weighted by Crippen LogP contribution is -2.45. The number of likely N-dealkylation sites (N-methyl/N-ethyl adjacent to an activating group) is 1. The Hall–Kier alpha value is -0.120. The predicted molar refractivity (Wildman–Crippen MR) is 41.2 cm³/mol. The topological polar surface area (TPSA) is 43.7 Å². The maximum Gasteiger partial charge on any atom is 0.0711 e. The van der Waals surface area contributed by atoms with Crippen molar-refractivity contribution >= 4 is 0 Å². The first kappa shape index (κ1) is 7.53. The molecule has 4 atom stereocenters. The van der Waals surface area contributed by atoms with Gasteiger partial charge in [0.05, 0.1) is 12.2 Å². The predicted octanol–water partition coefficient (Wildman–Crippen LogP) is -0.425. The molecule has 2 heterocycles. The largest absolute Gasteiger partial charge is 0.391 e. The molecule has 2 N–H and O–H groups in total. The lowest BCUT2D eigenvalue weighted by atomic mass is 10.0. The van der Waals surface area contributed by atoms with Crippen LogP contribution in [0.4, 0.5) is 0 Å². The normalized spacial score (nSPS) is 51.5. The fourth-order valence-electron chi connectivity index (χ4n) is 2.45. The van der Waals surface area contributed by atoms with E-state index in [-0.39, 0.29) is 18.2 Å². The summed E-state index contributed by atoms with van der Waals surface area (Å²) in [5.74, 6) is 0. The molecule has 2 saturated heterocycles. The monoisotopic (exact) mass is 157 g/mol. The number of hydrogen-bond donors (Lipinski definition) is 2. The highest BCUT2D eigenvalue weighted by molar-refractivity contribution is 4.99. The quantitative estimate of drug-likeness (QED) is 0.501. The Bertz CT molecular complexity index is 162. The molecule has 0 aromatic carbocycles. The van der Waals surface area contributed by atoms with Gasteiger partial charge in [0.25, 0.3) is 0 Å². The third-order valence-electron chi connectivity index (χ3n) is 3.18. The highest BCUT2D eigenvalue weighted by atomic mass is 16.3. The molecule has 0 spiro atoms. The molecule has 0 radical (unpaired) electrons. The zero-order valence-corrected chi connectivity index (χ0v) is 6.77. The molecule has 2 bridgehead atoms. The molecule has 11 heavy (non-hydrogen) atoms. The zero-order chi connectivity index (χ0) is 8.01. The second kappa shape index (κ2) is 2.44. The highest BCUT2D eigenvalue weighted by Crippen LogP contribution is 2.34. The Morgan fingerprint density at radius 1 is 1.09 bits per heavy atom. The summed E-state index contributed by atoms with van der Waals surface area (Å²) in [5.41, 5.74) is 0. The molecule has 0 aliphatic carbocycles. The molecular weight excluding hydrogens is 142 g/mol. The Balaban J connectivity index is 2.17. The summed E-state index contributed by atoms with van der Waals surface area (Å²) in [6.45, 7) is 0. The van der Waals surface area contributed by atoms with Crippen LogP contribution < -0.4 is 0 Å². The van der Waals surface area contributed by atoms with E-state index in [0.717, 1.165) is 19.3 Å². The fourth-order valence-corrected chi connectivity index (χ4v) is 2.45. The van der Waals surface area contributed by atoms with Gasteiger partial charge < -0.3 is 10.2 Å². The van der Waals surface area contributed by atoms with Gasteiger partial charge in [-0.3, -0.25) is 4.90 Å². The van der Waals surface area contributed by atoms with E-state index < -0.39 is 0 Å². The molecule has 0 aromatic heterocycles. The van der Waals surface area contributed by atoms with Crippen LogP contribution in [0, 0.1) is 0 Å². The van der Waals surface area contributed by atoms with E-state index in [1.54, 1.807) is 0 Å². The Labute approximate surface area is 66.6 Å². The summed E-state index contributed by atoms with van der Waals surface area (Å²) < 4.78 is 0. The second-order valence-corrected chi connectivity index (χ2v) is 3.75. The summed E-state index contributed by atoms with van der Waals surface area (Å²) in [7, 11) is 1.99. The van der Waals surface area contributed by atoms with E-state index >= 15 is 0 Å². The highest BCUT2D eigenvalue weighted by Gasteiger charge is 2.44. The minimum absolute atomic E-state index is 0.206. The second-order valence-electron chi connectivity index (χ2n) is 3.75. The molecule has 3 nitrogen and oxygen atoms in total. The van der Waals surface area contributed by atoms with E-state index in [9.17, 15) is 10.2 Å². The summed E-state index contributed by atoms with van der Waals surface area (Å²) in [6.07, 6.45) is 2.13. The Kier molecular flexibility index (Phi) is 1.67. The third kappa shape index (κ3) is 0.991. The molecule has 2 unspecified atom stereocenters. The van der Waals surface area contributed by atoms with Crippen molar-refractivity contribution in [3.63, 3.8) is 0 Å². The SMILES string of the molecule is CN1[C@@H]2CCC(O)[C@H]1CC2O. The summed E-state index contributed by atoms with van der Waals surface area (Å²) in [5, 5.41) is 19.1. The van der Waals surface area contributed by atoms with Gasteiger partial charge in [0.2, 0.25) is 0 Å². The lowest BCUT2D eigenvalue weighted by Gasteiger charge is -2.34. The van der Waals surface area contributed by atoms with Crippen LogP contribution in [-0.4, -0.2) is 46.5 Å². The van der Waals surface area contributed by atoms with Crippen LogP contribution in [0.3, 0.4) is 0 Å². The van der Waals surface area contributed by atoms with Gasteiger partial charge in [0, 0.05) is 12.1 Å². The molecule has 3 heteroatoms. The van der Waals surface area contributed by atoms with E-state index in [0.29, 0.717) is 6.04 Å². The van der Waals surface area contributed by atoms with Crippen LogP contribution in [0.15, 0.2) is 0 Å². The Morgan fingerprint density at radius 2 is 1.82 bits per heavy atom. The fraction of sp³-hybridized carbons (Fsp3) is 1.00. The van der Waals surface area contributed by atoms with Crippen molar-refractivity contribution in [1.82, 2.24) is 4.90 Å². The average molecular weight is 157 g/mol. The molecule has 0 saturated carbocycles. The van der Waals surface area contributed by atoms with E-state index in [1.165, 1.54) is 0 Å². The van der Waals surface area contributed by atoms with Crippen LogP contribution in [0.1, 0.15) is 19.3 Å². The molecular formula is C8H15NO2. The van der Waals surface area contributed by atoms with Gasteiger partial charge in [-0.25, -0.2) is 0 Å². The molecule has 2 rings (SSSR count). The number of piperidine rings is 1. The average Bonchev–Trinajstić information content (AvgIpc) is 2.12. The van der Waals surface area contributed by atoms with E-state index in [1.807, 2.05) is 7.05 Å². The van der Waals surface area contributed by atoms with Crippen molar-refractivity contribution < 1.29 is 10.2 Å². The smallest absolute Gasteiger partial charge is 0.0711 e. The van der Waals surface area contributed by atoms with Gasteiger partial charge in [0.1, 0.15) is 0 Å². The molecule has 64 valence electrons. The maximum atomic E-state index is 9.53. The molecule has 0 amide bonds.